The zero-order valence-electron chi connectivity index (χ0n) is 12.3. The summed E-state index contributed by atoms with van der Waals surface area (Å²) in [7, 11) is 0. The van der Waals surface area contributed by atoms with Crippen molar-refractivity contribution in [1.29, 1.82) is 0 Å². The zero-order valence-corrected chi connectivity index (χ0v) is 13.1. The molecule has 3 heterocycles. The molecule has 3 nitrogen and oxygen atoms in total. The van der Waals surface area contributed by atoms with Crippen molar-refractivity contribution in [3.63, 3.8) is 0 Å². The molecule has 0 amide bonds. The van der Waals surface area contributed by atoms with E-state index in [0.29, 0.717) is 5.92 Å². The number of fused-ring (bicyclic) bond motifs is 1. The average molecular weight is 305 g/mol. The topological polar surface area (TPSA) is 44.5 Å². The van der Waals surface area contributed by atoms with Gasteiger partial charge in [0.15, 0.2) is 0 Å². The van der Waals surface area contributed by atoms with Gasteiger partial charge in [-0.2, -0.15) is 11.8 Å². The lowest BCUT2D eigenvalue weighted by Gasteiger charge is -2.41. The van der Waals surface area contributed by atoms with Crippen LogP contribution in [0.15, 0.2) is 24.3 Å². The van der Waals surface area contributed by atoms with Crippen molar-refractivity contribution in [1.82, 2.24) is 0 Å². The number of hydrogen-bond donors (Lipinski definition) is 1. The number of thioether (sulfide) groups is 1. The van der Waals surface area contributed by atoms with Crippen LogP contribution in [0.25, 0.3) is 0 Å². The lowest BCUT2D eigenvalue weighted by atomic mass is 9.79. The lowest BCUT2D eigenvalue weighted by Crippen LogP contribution is -2.50. The fraction of sp³-hybridized carbons (Fsp3) is 0.647. The standard InChI is InChI=1S/C17H23NO2S/c18-16(15-9-12-3-1-2-4-14(12)20-15)13-5-7-19-17(10-13)6-8-21-11-17/h1-4,13,15-16H,5-11,18H2. The van der Waals surface area contributed by atoms with Crippen molar-refractivity contribution in [3.8, 4) is 5.75 Å². The normalized spacial score (nSPS) is 36.4. The molecule has 21 heavy (non-hydrogen) atoms. The first-order valence-electron chi connectivity index (χ1n) is 7.98. The highest BCUT2D eigenvalue weighted by atomic mass is 32.2. The molecule has 4 atom stereocenters. The van der Waals surface area contributed by atoms with E-state index in [-0.39, 0.29) is 17.7 Å². The summed E-state index contributed by atoms with van der Waals surface area (Å²) in [6.45, 7) is 0.860. The molecule has 2 N–H and O–H groups in total. The second kappa shape index (κ2) is 5.49. The Morgan fingerprint density at radius 2 is 2.24 bits per heavy atom. The Kier molecular flexibility index (Phi) is 3.64. The van der Waals surface area contributed by atoms with Crippen molar-refractivity contribution in [2.75, 3.05) is 18.1 Å². The Balaban J connectivity index is 1.45. The van der Waals surface area contributed by atoms with E-state index in [2.05, 4.69) is 18.2 Å². The van der Waals surface area contributed by atoms with Gasteiger partial charge in [0.1, 0.15) is 11.9 Å². The maximum atomic E-state index is 6.60. The largest absolute Gasteiger partial charge is 0.488 e. The van der Waals surface area contributed by atoms with Gasteiger partial charge in [-0.15, -0.1) is 0 Å². The molecule has 0 saturated carbocycles. The lowest BCUT2D eigenvalue weighted by molar-refractivity contribution is -0.0878. The minimum Gasteiger partial charge on any atom is -0.488 e. The van der Waals surface area contributed by atoms with E-state index in [1.54, 1.807) is 0 Å². The fourth-order valence-corrected chi connectivity index (χ4v) is 5.36. The van der Waals surface area contributed by atoms with Gasteiger partial charge in [0.25, 0.3) is 0 Å². The van der Waals surface area contributed by atoms with E-state index in [9.17, 15) is 0 Å². The Morgan fingerprint density at radius 3 is 3.05 bits per heavy atom. The first-order chi connectivity index (χ1) is 10.3. The maximum absolute atomic E-state index is 6.60. The van der Waals surface area contributed by atoms with E-state index in [1.165, 1.54) is 17.7 Å². The summed E-state index contributed by atoms with van der Waals surface area (Å²) >= 11 is 2.02. The van der Waals surface area contributed by atoms with Gasteiger partial charge < -0.3 is 15.2 Å². The molecule has 0 radical (unpaired) electrons. The zero-order chi connectivity index (χ0) is 14.3. The first-order valence-corrected chi connectivity index (χ1v) is 9.13. The Labute approximate surface area is 130 Å². The third kappa shape index (κ3) is 2.58. The molecular formula is C17H23NO2S. The van der Waals surface area contributed by atoms with Gasteiger partial charge in [-0.25, -0.2) is 0 Å². The Hall–Kier alpha value is -0.710. The second-order valence-electron chi connectivity index (χ2n) is 6.63. The van der Waals surface area contributed by atoms with Crippen molar-refractivity contribution >= 4 is 11.8 Å². The first kappa shape index (κ1) is 13.9. The van der Waals surface area contributed by atoms with Gasteiger partial charge in [-0.3, -0.25) is 0 Å². The molecule has 0 aromatic heterocycles. The fourth-order valence-electron chi connectivity index (χ4n) is 3.98. The van der Waals surface area contributed by atoms with Crippen molar-refractivity contribution in [2.45, 2.75) is 43.4 Å². The van der Waals surface area contributed by atoms with Gasteiger partial charge in [-0.1, -0.05) is 18.2 Å². The van der Waals surface area contributed by atoms with Gasteiger partial charge in [0.05, 0.1) is 5.60 Å². The summed E-state index contributed by atoms with van der Waals surface area (Å²) in [5.74, 6) is 3.92. The Morgan fingerprint density at radius 1 is 1.33 bits per heavy atom. The van der Waals surface area contributed by atoms with Gasteiger partial charge in [-0.05, 0) is 42.6 Å². The van der Waals surface area contributed by atoms with Crippen LogP contribution in [0.2, 0.25) is 0 Å². The van der Waals surface area contributed by atoms with E-state index in [0.717, 1.165) is 37.4 Å². The molecular weight excluding hydrogens is 282 g/mol. The van der Waals surface area contributed by atoms with E-state index >= 15 is 0 Å². The SMILES string of the molecule is NC(C1CCOC2(CCSC2)C1)C1Cc2ccccc2O1. The summed E-state index contributed by atoms with van der Waals surface area (Å²) < 4.78 is 12.2. The predicted octanol–water partition coefficient (Wildman–Crippen LogP) is 2.62. The van der Waals surface area contributed by atoms with Gasteiger partial charge >= 0.3 is 0 Å². The highest BCUT2D eigenvalue weighted by molar-refractivity contribution is 7.99. The molecule has 2 saturated heterocycles. The van der Waals surface area contributed by atoms with E-state index in [1.807, 2.05) is 17.8 Å². The predicted molar refractivity (Wildman–Crippen MR) is 85.9 cm³/mol. The highest BCUT2D eigenvalue weighted by Crippen LogP contribution is 2.42. The molecule has 2 fully saturated rings. The third-order valence-corrected chi connectivity index (χ3v) is 6.47. The molecule has 0 bridgehead atoms. The summed E-state index contributed by atoms with van der Waals surface area (Å²) in [4.78, 5) is 0. The minimum absolute atomic E-state index is 0.108. The van der Waals surface area contributed by atoms with Crippen LogP contribution in [0.1, 0.15) is 24.8 Å². The smallest absolute Gasteiger partial charge is 0.123 e. The van der Waals surface area contributed by atoms with Crippen LogP contribution in [0.4, 0.5) is 0 Å². The monoisotopic (exact) mass is 305 g/mol. The summed E-state index contributed by atoms with van der Waals surface area (Å²) in [6.07, 6.45) is 4.46. The molecule has 4 heteroatoms. The van der Waals surface area contributed by atoms with Gasteiger partial charge in [0.2, 0.25) is 0 Å². The molecule has 3 aliphatic heterocycles. The minimum atomic E-state index is 0.108. The quantitative estimate of drug-likeness (QED) is 0.912. The average Bonchev–Trinajstić information content (AvgIpc) is 3.13. The summed E-state index contributed by atoms with van der Waals surface area (Å²) in [5, 5.41) is 0. The van der Waals surface area contributed by atoms with E-state index in [4.69, 9.17) is 15.2 Å². The molecule has 4 unspecified atom stereocenters. The van der Waals surface area contributed by atoms with Crippen LogP contribution in [0, 0.1) is 5.92 Å². The van der Waals surface area contributed by atoms with E-state index < -0.39 is 0 Å². The van der Waals surface area contributed by atoms with Gasteiger partial charge in [0, 0.05) is 24.8 Å². The Bertz CT molecular complexity index is 490. The van der Waals surface area contributed by atoms with Crippen LogP contribution < -0.4 is 10.5 Å². The van der Waals surface area contributed by atoms with Crippen molar-refractivity contribution in [3.05, 3.63) is 29.8 Å². The summed E-state index contributed by atoms with van der Waals surface area (Å²) in [6, 6.07) is 8.44. The van der Waals surface area contributed by atoms with Crippen LogP contribution in [0.5, 0.6) is 5.75 Å². The third-order valence-electron chi connectivity index (χ3n) is 5.24. The molecule has 1 spiro atoms. The van der Waals surface area contributed by atoms with Crippen LogP contribution >= 0.6 is 11.8 Å². The van der Waals surface area contributed by atoms with Crippen molar-refractivity contribution < 1.29 is 9.47 Å². The molecule has 3 aliphatic rings. The number of benzene rings is 1. The maximum Gasteiger partial charge on any atom is 0.123 e. The molecule has 4 rings (SSSR count). The number of rotatable bonds is 2. The number of nitrogens with two attached hydrogens (primary N) is 1. The molecule has 1 aromatic rings. The second-order valence-corrected chi connectivity index (χ2v) is 7.74. The molecule has 114 valence electrons. The number of ether oxygens (including phenoxy) is 2. The highest BCUT2D eigenvalue weighted by Gasteiger charge is 2.44. The number of para-hydroxylation sites is 1. The van der Waals surface area contributed by atoms with Crippen LogP contribution in [-0.4, -0.2) is 35.9 Å². The molecule has 0 aliphatic carbocycles. The van der Waals surface area contributed by atoms with Crippen LogP contribution in [-0.2, 0) is 11.2 Å². The summed E-state index contributed by atoms with van der Waals surface area (Å²) in [5.41, 5.74) is 8.01. The van der Waals surface area contributed by atoms with Crippen molar-refractivity contribution in [2.24, 2.45) is 11.7 Å². The number of hydrogen-bond acceptors (Lipinski definition) is 4. The van der Waals surface area contributed by atoms with Crippen LogP contribution in [0.3, 0.4) is 0 Å². The molecule has 1 aromatic carbocycles.